The van der Waals surface area contributed by atoms with E-state index in [0.717, 1.165) is 11.1 Å². The van der Waals surface area contributed by atoms with E-state index in [1.165, 1.54) is 13.8 Å². The van der Waals surface area contributed by atoms with E-state index in [4.69, 9.17) is 0 Å². The molecule has 6 nitrogen and oxygen atoms in total. The molecule has 0 aliphatic rings. The number of hydrogen-bond acceptors (Lipinski definition) is 3. The lowest BCUT2D eigenvalue weighted by atomic mass is 10.0. The van der Waals surface area contributed by atoms with Gasteiger partial charge < -0.3 is 16.0 Å². The van der Waals surface area contributed by atoms with Gasteiger partial charge in [-0.3, -0.25) is 14.4 Å². The van der Waals surface area contributed by atoms with E-state index < -0.39 is 0 Å². The summed E-state index contributed by atoms with van der Waals surface area (Å²) < 4.78 is 0. The summed E-state index contributed by atoms with van der Waals surface area (Å²) in [5.41, 5.74) is 3.35. The van der Waals surface area contributed by atoms with Crippen molar-refractivity contribution in [3.63, 3.8) is 0 Å². The second-order valence-corrected chi connectivity index (χ2v) is 6.21. The van der Waals surface area contributed by atoms with E-state index in [1.54, 1.807) is 18.2 Å². The zero-order valence-corrected chi connectivity index (χ0v) is 15.3. The molecule has 2 rings (SSSR count). The van der Waals surface area contributed by atoms with Gasteiger partial charge in [0.25, 0.3) is 5.91 Å². The van der Waals surface area contributed by atoms with E-state index in [-0.39, 0.29) is 23.8 Å². The lowest BCUT2D eigenvalue weighted by Gasteiger charge is -2.17. The fourth-order valence-electron chi connectivity index (χ4n) is 2.74. The normalized spacial score (nSPS) is 11.4. The standard InChI is InChI=1S/C20H23N3O3/c1-12-7-5-6-8-19(12)13(2)21-20(26)16-9-17(22-14(3)24)11-18(10-16)23-15(4)25/h5-11,13H,1-4H3,(H,21,26)(H,22,24)(H,23,25)/t13-/m0/s1. The second-order valence-electron chi connectivity index (χ2n) is 6.21. The van der Waals surface area contributed by atoms with Crippen LogP contribution in [0.1, 0.15) is 48.3 Å². The number of benzene rings is 2. The molecule has 0 heterocycles. The van der Waals surface area contributed by atoms with Crippen molar-refractivity contribution >= 4 is 29.1 Å². The average Bonchev–Trinajstić information content (AvgIpc) is 2.53. The molecule has 0 fully saturated rings. The lowest BCUT2D eigenvalue weighted by Crippen LogP contribution is -2.27. The summed E-state index contributed by atoms with van der Waals surface area (Å²) in [7, 11) is 0. The van der Waals surface area contributed by atoms with E-state index >= 15 is 0 Å². The first kappa shape index (κ1) is 19.2. The highest BCUT2D eigenvalue weighted by molar-refractivity contribution is 6.00. The number of nitrogens with one attached hydrogen (secondary N) is 3. The van der Waals surface area contributed by atoms with Crippen molar-refractivity contribution in [2.45, 2.75) is 33.7 Å². The van der Waals surface area contributed by atoms with Gasteiger partial charge in [0.15, 0.2) is 0 Å². The van der Waals surface area contributed by atoms with Gasteiger partial charge in [0.1, 0.15) is 0 Å². The van der Waals surface area contributed by atoms with Crippen LogP contribution in [0.2, 0.25) is 0 Å². The SMILES string of the molecule is CC(=O)Nc1cc(NC(C)=O)cc(C(=O)N[C@@H](C)c2ccccc2C)c1. The lowest BCUT2D eigenvalue weighted by molar-refractivity contribution is -0.115. The monoisotopic (exact) mass is 353 g/mol. The topological polar surface area (TPSA) is 87.3 Å². The number of amides is 3. The van der Waals surface area contributed by atoms with Gasteiger partial charge in [-0.15, -0.1) is 0 Å². The van der Waals surface area contributed by atoms with E-state index in [0.29, 0.717) is 16.9 Å². The summed E-state index contributed by atoms with van der Waals surface area (Å²) in [6.45, 7) is 6.66. The van der Waals surface area contributed by atoms with E-state index in [1.807, 2.05) is 38.1 Å². The number of anilines is 2. The van der Waals surface area contributed by atoms with Crippen LogP contribution in [-0.4, -0.2) is 17.7 Å². The zero-order chi connectivity index (χ0) is 19.3. The van der Waals surface area contributed by atoms with Crippen LogP contribution in [-0.2, 0) is 9.59 Å². The minimum Gasteiger partial charge on any atom is -0.346 e. The molecule has 0 saturated heterocycles. The predicted molar refractivity (Wildman–Crippen MR) is 102 cm³/mol. The van der Waals surface area contributed by atoms with Crippen molar-refractivity contribution in [1.82, 2.24) is 5.32 Å². The molecule has 3 amide bonds. The van der Waals surface area contributed by atoms with Crippen LogP contribution in [0.4, 0.5) is 11.4 Å². The van der Waals surface area contributed by atoms with Gasteiger partial charge >= 0.3 is 0 Å². The van der Waals surface area contributed by atoms with Crippen LogP contribution in [0.3, 0.4) is 0 Å². The Morgan fingerprint density at radius 2 is 1.42 bits per heavy atom. The molecule has 0 unspecified atom stereocenters. The van der Waals surface area contributed by atoms with Crippen LogP contribution < -0.4 is 16.0 Å². The average molecular weight is 353 g/mol. The maximum Gasteiger partial charge on any atom is 0.251 e. The summed E-state index contributed by atoms with van der Waals surface area (Å²) in [5, 5.41) is 8.23. The molecule has 136 valence electrons. The quantitative estimate of drug-likeness (QED) is 0.770. The third kappa shape index (κ3) is 5.17. The first-order valence-electron chi connectivity index (χ1n) is 8.33. The molecule has 2 aromatic rings. The van der Waals surface area contributed by atoms with Crippen LogP contribution in [0, 0.1) is 6.92 Å². The second kappa shape index (κ2) is 8.29. The summed E-state index contributed by atoms with van der Waals surface area (Å²) in [5.74, 6) is -0.811. The highest BCUT2D eigenvalue weighted by Gasteiger charge is 2.15. The summed E-state index contributed by atoms with van der Waals surface area (Å²) in [6, 6.07) is 12.4. The number of carbonyl (C=O) groups is 3. The Hall–Kier alpha value is -3.15. The minimum atomic E-state index is -0.292. The molecular weight excluding hydrogens is 330 g/mol. The number of aryl methyl sites for hydroxylation is 1. The largest absolute Gasteiger partial charge is 0.346 e. The molecule has 0 saturated carbocycles. The van der Waals surface area contributed by atoms with Crippen LogP contribution in [0.5, 0.6) is 0 Å². The van der Waals surface area contributed by atoms with Gasteiger partial charge in [0.05, 0.1) is 6.04 Å². The Morgan fingerprint density at radius 1 is 0.885 bits per heavy atom. The van der Waals surface area contributed by atoms with Gasteiger partial charge in [-0.1, -0.05) is 24.3 Å². The first-order chi connectivity index (χ1) is 12.3. The molecule has 2 aromatic carbocycles. The zero-order valence-electron chi connectivity index (χ0n) is 15.3. The van der Waals surface area contributed by atoms with Crippen molar-refractivity contribution in [3.05, 3.63) is 59.2 Å². The van der Waals surface area contributed by atoms with Crippen molar-refractivity contribution in [1.29, 1.82) is 0 Å². The molecule has 3 N–H and O–H groups in total. The molecule has 0 bridgehead atoms. The highest BCUT2D eigenvalue weighted by atomic mass is 16.2. The molecule has 0 aliphatic heterocycles. The molecule has 0 spiro atoms. The van der Waals surface area contributed by atoms with Crippen molar-refractivity contribution in [3.8, 4) is 0 Å². The molecule has 6 heteroatoms. The number of rotatable bonds is 5. The maximum atomic E-state index is 12.7. The summed E-state index contributed by atoms with van der Waals surface area (Å²) in [4.78, 5) is 35.3. The van der Waals surface area contributed by atoms with E-state index in [9.17, 15) is 14.4 Å². The number of hydrogen-bond donors (Lipinski definition) is 3. The number of carbonyl (C=O) groups excluding carboxylic acids is 3. The Labute approximate surface area is 153 Å². The Balaban J connectivity index is 2.27. The smallest absolute Gasteiger partial charge is 0.251 e. The third-order valence-corrected chi connectivity index (χ3v) is 3.84. The maximum absolute atomic E-state index is 12.7. The fourth-order valence-corrected chi connectivity index (χ4v) is 2.74. The van der Waals surface area contributed by atoms with Gasteiger partial charge in [0, 0.05) is 30.8 Å². The van der Waals surface area contributed by atoms with Gasteiger partial charge in [0.2, 0.25) is 11.8 Å². The van der Waals surface area contributed by atoms with Crippen molar-refractivity contribution in [2.75, 3.05) is 10.6 Å². The molecule has 1 atom stereocenters. The summed E-state index contributed by atoms with van der Waals surface area (Å²) >= 11 is 0. The Kier molecular flexibility index (Phi) is 6.11. The van der Waals surface area contributed by atoms with Crippen molar-refractivity contribution < 1.29 is 14.4 Å². The van der Waals surface area contributed by atoms with Crippen molar-refractivity contribution in [2.24, 2.45) is 0 Å². The third-order valence-electron chi connectivity index (χ3n) is 3.84. The van der Waals surface area contributed by atoms with Crippen LogP contribution >= 0.6 is 0 Å². The fraction of sp³-hybridized carbons (Fsp3) is 0.250. The molecule has 0 aliphatic carbocycles. The predicted octanol–water partition coefficient (Wildman–Crippen LogP) is 3.40. The molecule has 26 heavy (non-hydrogen) atoms. The Morgan fingerprint density at radius 3 is 1.92 bits per heavy atom. The first-order valence-corrected chi connectivity index (χ1v) is 8.33. The van der Waals surface area contributed by atoms with Crippen LogP contribution in [0.25, 0.3) is 0 Å². The molecule has 0 aromatic heterocycles. The summed E-state index contributed by atoms with van der Waals surface area (Å²) in [6.07, 6.45) is 0. The minimum absolute atomic E-state index is 0.183. The molecular formula is C20H23N3O3. The van der Waals surface area contributed by atoms with Gasteiger partial charge in [-0.25, -0.2) is 0 Å². The van der Waals surface area contributed by atoms with Crippen LogP contribution in [0.15, 0.2) is 42.5 Å². The highest BCUT2D eigenvalue weighted by Crippen LogP contribution is 2.21. The Bertz CT molecular complexity index is 812. The van der Waals surface area contributed by atoms with Gasteiger partial charge in [-0.2, -0.15) is 0 Å². The molecule has 0 radical (unpaired) electrons. The van der Waals surface area contributed by atoms with E-state index in [2.05, 4.69) is 16.0 Å². The van der Waals surface area contributed by atoms with Gasteiger partial charge in [-0.05, 0) is 43.2 Å².